The van der Waals surface area contributed by atoms with E-state index in [-0.39, 0.29) is 30.3 Å². The summed E-state index contributed by atoms with van der Waals surface area (Å²) in [5.74, 6) is -0.515. The minimum absolute atomic E-state index is 0.00107. The summed E-state index contributed by atoms with van der Waals surface area (Å²) in [5.41, 5.74) is 6.72. The van der Waals surface area contributed by atoms with Crippen molar-refractivity contribution in [3.8, 4) is 0 Å². The van der Waals surface area contributed by atoms with Crippen LogP contribution in [0.3, 0.4) is 0 Å². The second kappa shape index (κ2) is 8.53. The van der Waals surface area contributed by atoms with Gasteiger partial charge in [0.25, 0.3) is 0 Å². The Bertz CT molecular complexity index is 943. The third kappa shape index (κ3) is 4.58. The highest BCUT2D eigenvalue weighted by Crippen LogP contribution is 2.25. The normalized spacial score (nSPS) is 14.6. The molecular formula is C20H23N3O4S. The summed E-state index contributed by atoms with van der Waals surface area (Å²) in [6, 6.07) is 15.5. The van der Waals surface area contributed by atoms with Crippen LogP contribution in [0.25, 0.3) is 0 Å². The van der Waals surface area contributed by atoms with E-state index >= 15 is 0 Å². The zero-order valence-corrected chi connectivity index (χ0v) is 16.3. The van der Waals surface area contributed by atoms with E-state index in [1.54, 1.807) is 17.0 Å². The molecule has 7 nitrogen and oxygen atoms in total. The van der Waals surface area contributed by atoms with Crippen molar-refractivity contribution in [3.63, 3.8) is 0 Å². The third-order valence-electron chi connectivity index (χ3n) is 4.67. The number of anilines is 1. The highest BCUT2D eigenvalue weighted by atomic mass is 32.2. The van der Waals surface area contributed by atoms with Crippen LogP contribution < -0.4 is 10.6 Å². The van der Waals surface area contributed by atoms with E-state index in [4.69, 9.17) is 5.73 Å². The highest BCUT2D eigenvalue weighted by molar-refractivity contribution is 7.89. The van der Waals surface area contributed by atoms with Crippen LogP contribution in [0.15, 0.2) is 59.5 Å². The molecule has 1 saturated heterocycles. The molecule has 1 aliphatic heterocycles. The van der Waals surface area contributed by atoms with Crippen LogP contribution in [0, 0.1) is 0 Å². The van der Waals surface area contributed by atoms with Crippen LogP contribution in [-0.2, 0) is 26.2 Å². The molecule has 0 spiro atoms. The maximum absolute atomic E-state index is 13.1. The van der Waals surface area contributed by atoms with Gasteiger partial charge in [-0.05, 0) is 36.2 Å². The molecule has 0 radical (unpaired) electrons. The number of hydrogen-bond acceptors (Lipinski definition) is 4. The Morgan fingerprint density at radius 3 is 2.32 bits per heavy atom. The predicted octanol–water partition coefficient (Wildman–Crippen LogP) is 1.88. The van der Waals surface area contributed by atoms with Gasteiger partial charge in [-0.15, -0.1) is 0 Å². The number of carbonyl (C=O) groups excluding carboxylic acids is 2. The first kappa shape index (κ1) is 20.0. The summed E-state index contributed by atoms with van der Waals surface area (Å²) < 4.78 is 27.5. The summed E-state index contributed by atoms with van der Waals surface area (Å²) in [7, 11) is -3.83. The van der Waals surface area contributed by atoms with Crippen LogP contribution in [0.1, 0.15) is 24.8 Å². The fraction of sp³-hybridized carbons (Fsp3) is 0.300. The van der Waals surface area contributed by atoms with Gasteiger partial charge >= 0.3 is 0 Å². The lowest BCUT2D eigenvalue weighted by atomic mass is 10.2. The number of amides is 2. The van der Waals surface area contributed by atoms with Crippen molar-refractivity contribution in [1.29, 1.82) is 0 Å². The van der Waals surface area contributed by atoms with Crippen molar-refractivity contribution in [1.82, 2.24) is 4.31 Å². The summed E-state index contributed by atoms with van der Waals surface area (Å²) in [4.78, 5) is 24.9. The SMILES string of the molecule is NC(=O)CCN(Cc1ccccc1)S(=O)(=O)c1ccc(N2CCCC2=O)cc1. The number of benzene rings is 2. The largest absolute Gasteiger partial charge is 0.370 e. The Hall–Kier alpha value is -2.71. The summed E-state index contributed by atoms with van der Waals surface area (Å²) in [6.07, 6.45) is 1.25. The van der Waals surface area contributed by atoms with E-state index in [2.05, 4.69) is 0 Å². The molecule has 0 aliphatic carbocycles. The quantitative estimate of drug-likeness (QED) is 0.730. The Kier molecular flexibility index (Phi) is 6.11. The first-order chi connectivity index (χ1) is 13.4. The molecule has 8 heteroatoms. The van der Waals surface area contributed by atoms with E-state index in [1.165, 1.54) is 16.4 Å². The lowest BCUT2D eigenvalue weighted by Crippen LogP contribution is -2.33. The van der Waals surface area contributed by atoms with Crippen molar-refractivity contribution in [3.05, 3.63) is 60.2 Å². The van der Waals surface area contributed by atoms with E-state index in [0.717, 1.165) is 12.0 Å². The topological polar surface area (TPSA) is 101 Å². The molecule has 28 heavy (non-hydrogen) atoms. The number of rotatable bonds is 8. The second-order valence-corrected chi connectivity index (χ2v) is 8.62. The zero-order valence-electron chi connectivity index (χ0n) is 15.5. The fourth-order valence-corrected chi connectivity index (χ4v) is 4.60. The number of nitrogens with zero attached hydrogens (tertiary/aromatic N) is 2. The van der Waals surface area contributed by atoms with Gasteiger partial charge < -0.3 is 10.6 Å². The standard InChI is InChI=1S/C20H23N3O4S/c21-19(24)12-14-22(15-16-5-2-1-3-6-16)28(26,27)18-10-8-17(9-11-18)23-13-4-7-20(23)25/h1-3,5-6,8-11H,4,7,12-15H2,(H2,21,24). The first-order valence-corrected chi connectivity index (χ1v) is 10.5. The average Bonchev–Trinajstić information content (AvgIpc) is 3.11. The molecule has 2 aromatic rings. The van der Waals surface area contributed by atoms with Crippen LogP contribution in [0.5, 0.6) is 0 Å². The minimum Gasteiger partial charge on any atom is -0.370 e. The maximum Gasteiger partial charge on any atom is 0.243 e. The van der Waals surface area contributed by atoms with Gasteiger partial charge in [0.05, 0.1) is 4.90 Å². The lowest BCUT2D eigenvalue weighted by molar-refractivity contribution is -0.118. The van der Waals surface area contributed by atoms with Crippen molar-refractivity contribution in [2.75, 3.05) is 18.0 Å². The Morgan fingerprint density at radius 1 is 1.07 bits per heavy atom. The molecular weight excluding hydrogens is 378 g/mol. The van der Waals surface area contributed by atoms with Crippen molar-refractivity contribution in [2.24, 2.45) is 5.73 Å². The molecule has 2 amide bonds. The van der Waals surface area contributed by atoms with Gasteiger partial charge in [-0.3, -0.25) is 9.59 Å². The average molecular weight is 401 g/mol. The molecule has 0 atom stereocenters. The van der Waals surface area contributed by atoms with E-state index in [1.807, 2.05) is 30.3 Å². The molecule has 3 rings (SSSR count). The smallest absolute Gasteiger partial charge is 0.243 e. The number of carbonyl (C=O) groups is 2. The fourth-order valence-electron chi connectivity index (χ4n) is 3.17. The van der Waals surface area contributed by atoms with Crippen molar-refractivity contribution in [2.45, 2.75) is 30.7 Å². The molecule has 0 aromatic heterocycles. The number of sulfonamides is 1. The van der Waals surface area contributed by atoms with Gasteiger partial charge in [0, 0.05) is 38.2 Å². The summed E-state index contributed by atoms with van der Waals surface area (Å²) >= 11 is 0. The van der Waals surface area contributed by atoms with E-state index in [9.17, 15) is 18.0 Å². The van der Waals surface area contributed by atoms with Crippen molar-refractivity contribution >= 4 is 27.5 Å². The predicted molar refractivity (Wildman–Crippen MR) is 106 cm³/mol. The van der Waals surface area contributed by atoms with E-state index < -0.39 is 15.9 Å². The number of hydrogen-bond donors (Lipinski definition) is 1. The Morgan fingerprint density at radius 2 is 1.75 bits per heavy atom. The van der Waals surface area contributed by atoms with Gasteiger partial charge in [-0.25, -0.2) is 8.42 Å². The molecule has 0 bridgehead atoms. The molecule has 0 unspecified atom stereocenters. The van der Waals surface area contributed by atoms with Crippen LogP contribution in [0.4, 0.5) is 5.69 Å². The monoisotopic (exact) mass is 401 g/mol. The van der Waals surface area contributed by atoms with Crippen molar-refractivity contribution < 1.29 is 18.0 Å². The van der Waals surface area contributed by atoms with Gasteiger partial charge in [0.1, 0.15) is 0 Å². The maximum atomic E-state index is 13.1. The number of nitrogens with two attached hydrogens (primary N) is 1. The molecule has 0 saturated carbocycles. The second-order valence-electron chi connectivity index (χ2n) is 6.68. The van der Waals surface area contributed by atoms with Gasteiger partial charge in [0.2, 0.25) is 21.8 Å². The molecule has 1 heterocycles. The molecule has 1 aliphatic rings. The third-order valence-corrected chi connectivity index (χ3v) is 6.53. The van der Waals surface area contributed by atoms with Crippen LogP contribution in [-0.4, -0.2) is 37.6 Å². The van der Waals surface area contributed by atoms with Gasteiger partial charge in [-0.2, -0.15) is 4.31 Å². The Balaban J connectivity index is 1.85. The van der Waals surface area contributed by atoms with Crippen LogP contribution in [0.2, 0.25) is 0 Å². The molecule has 2 N–H and O–H groups in total. The molecule has 1 fully saturated rings. The summed E-state index contributed by atoms with van der Waals surface area (Å²) in [5, 5.41) is 0. The number of primary amides is 1. The first-order valence-electron chi connectivity index (χ1n) is 9.11. The van der Waals surface area contributed by atoms with Gasteiger partial charge in [-0.1, -0.05) is 30.3 Å². The lowest BCUT2D eigenvalue weighted by Gasteiger charge is -2.22. The van der Waals surface area contributed by atoms with E-state index in [0.29, 0.717) is 18.7 Å². The van der Waals surface area contributed by atoms with Crippen LogP contribution >= 0.6 is 0 Å². The Labute approximate surface area is 164 Å². The minimum atomic E-state index is -3.83. The van der Waals surface area contributed by atoms with Gasteiger partial charge in [0.15, 0.2) is 0 Å². The summed E-state index contributed by atoms with van der Waals surface area (Å²) in [6.45, 7) is 0.783. The highest BCUT2D eigenvalue weighted by Gasteiger charge is 2.26. The molecule has 148 valence electrons. The molecule has 2 aromatic carbocycles. The zero-order chi connectivity index (χ0) is 20.1.